The highest BCUT2D eigenvalue weighted by Gasteiger charge is 2.10. The summed E-state index contributed by atoms with van der Waals surface area (Å²) in [5.41, 5.74) is 6.42. The van der Waals surface area contributed by atoms with E-state index in [0.717, 1.165) is 11.3 Å². The molecule has 2 amide bonds. The van der Waals surface area contributed by atoms with E-state index in [2.05, 4.69) is 21.0 Å². The first-order valence-electron chi connectivity index (χ1n) is 6.36. The van der Waals surface area contributed by atoms with E-state index in [1.54, 1.807) is 19.1 Å². The molecule has 2 rings (SSSR count). The van der Waals surface area contributed by atoms with Crippen LogP contribution in [0.4, 0.5) is 0 Å². The van der Waals surface area contributed by atoms with Crippen LogP contribution in [0.3, 0.4) is 0 Å². The Balaban J connectivity index is 1.78. The summed E-state index contributed by atoms with van der Waals surface area (Å²) in [7, 11) is 0. The van der Waals surface area contributed by atoms with E-state index < -0.39 is 11.8 Å². The zero-order chi connectivity index (χ0) is 15.2. The molecule has 0 unspecified atom stereocenters. The average Bonchev–Trinajstić information content (AvgIpc) is 2.90. The molecule has 0 spiro atoms. The fourth-order valence-corrected chi connectivity index (χ4v) is 1.62. The Kier molecular flexibility index (Phi) is 4.55. The molecular formula is C14H16N4O3. The van der Waals surface area contributed by atoms with Crippen molar-refractivity contribution in [3.05, 3.63) is 47.3 Å². The van der Waals surface area contributed by atoms with Crippen molar-refractivity contribution in [1.29, 1.82) is 0 Å². The van der Waals surface area contributed by atoms with Gasteiger partial charge in [0.05, 0.1) is 0 Å². The van der Waals surface area contributed by atoms with Crippen LogP contribution in [0.1, 0.15) is 21.7 Å². The Labute approximate surface area is 121 Å². The normalized spacial score (nSPS) is 10.0. The predicted molar refractivity (Wildman–Crippen MR) is 75.6 cm³/mol. The molecule has 0 saturated heterocycles. The fourth-order valence-electron chi connectivity index (χ4n) is 1.62. The largest absolute Gasteiger partial charge is 0.483 e. The summed E-state index contributed by atoms with van der Waals surface area (Å²) in [6.07, 6.45) is 0. The van der Waals surface area contributed by atoms with Gasteiger partial charge in [-0.25, -0.2) is 0 Å². The lowest BCUT2D eigenvalue weighted by Gasteiger charge is -2.09. The highest BCUT2D eigenvalue weighted by atomic mass is 16.5. The lowest BCUT2D eigenvalue weighted by atomic mass is 10.2. The van der Waals surface area contributed by atoms with Crippen molar-refractivity contribution in [2.75, 3.05) is 6.61 Å². The molecule has 0 aliphatic carbocycles. The third-order valence-electron chi connectivity index (χ3n) is 2.71. The Hall–Kier alpha value is -2.83. The number of benzene rings is 1. The predicted octanol–water partition coefficient (Wildman–Crippen LogP) is 0.867. The van der Waals surface area contributed by atoms with E-state index in [1.165, 1.54) is 0 Å². The van der Waals surface area contributed by atoms with Gasteiger partial charge in [-0.1, -0.05) is 18.2 Å². The number of amides is 2. The van der Waals surface area contributed by atoms with Gasteiger partial charge in [0, 0.05) is 5.69 Å². The van der Waals surface area contributed by atoms with Crippen molar-refractivity contribution in [3.8, 4) is 5.75 Å². The summed E-state index contributed by atoms with van der Waals surface area (Å²) in [4.78, 5) is 23.2. The second-order valence-corrected chi connectivity index (χ2v) is 4.49. The van der Waals surface area contributed by atoms with Crippen LogP contribution in [0.15, 0.2) is 30.3 Å². The number of aromatic amines is 1. The van der Waals surface area contributed by atoms with Gasteiger partial charge in [-0.15, -0.1) is 0 Å². The molecule has 1 heterocycles. The highest BCUT2D eigenvalue weighted by Crippen LogP contribution is 2.15. The summed E-state index contributed by atoms with van der Waals surface area (Å²) >= 11 is 0. The first-order chi connectivity index (χ1) is 10.1. The minimum atomic E-state index is -0.497. The number of carbonyl (C=O) groups excluding carboxylic acids is 2. The van der Waals surface area contributed by atoms with Crippen LogP contribution >= 0.6 is 0 Å². The molecule has 0 aliphatic heterocycles. The summed E-state index contributed by atoms with van der Waals surface area (Å²) in [6.45, 7) is 3.47. The molecule has 0 atom stereocenters. The number of aromatic nitrogens is 2. The zero-order valence-corrected chi connectivity index (χ0v) is 11.8. The lowest BCUT2D eigenvalue weighted by Crippen LogP contribution is -2.44. The molecule has 110 valence electrons. The number of aryl methyl sites for hydroxylation is 2. The lowest BCUT2D eigenvalue weighted by molar-refractivity contribution is -0.123. The summed E-state index contributed by atoms with van der Waals surface area (Å²) in [5, 5.41) is 6.42. The maximum atomic E-state index is 11.6. The van der Waals surface area contributed by atoms with Crippen LogP contribution in [0, 0.1) is 13.8 Å². The minimum Gasteiger partial charge on any atom is -0.483 e. The van der Waals surface area contributed by atoms with Crippen LogP contribution in [-0.4, -0.2) is 28.6 Å². The smallest absolute Gasteiger partial charge is 0.290 e. The molecule has 2 aromatic rings. The van der Waals surface area contributed by atoms with Crippen molar-refractivity contribution in [1.82, 2.24) is 21.0 Å². The third-order valence-corrected chi connectivity index (χ3v) is 2.71. The van der Waals surface area contributed by atoms with E-state index in [0.29, 0.717) is 5.75 Å². The Morgan fingerprint density at radius 3 is 2.67 bits per heavy atom. The van der Waals surface area contributed by atoms with Crippen molar-refractivity contribution in [3.63, 3.8) is 0 Å². The number of nitrogens with one attached hydrogen (secondary N) is 3. The first kappa shape index (κ1) is 14.6. The van der Waals surface area contributed by atoms with Gasteiger partial charge in [0.25, 0.3) is 11.8 Å². The van der Waals surface area contributed by atoms with Crippen molar-refractivity contribution in [2.24, 2.45) is 0 Å². The molecule has 3 N–H and O–H groups in total. The van der Waals surface area contributed by atoms with Gasteiger partial charge in [0.15, 0.2) is 12.3 Å². The van der Waals surface area contributed by atoms with Crippen molar-refractivity contribution < 1.29 is 14.3 Å². The van der Waals surface area contributed by atoms with Gasteiger partial charge in [-0.05, 0) is 31.5 Å². The third kappa shape index (κ3) is 4.07. The number of para-hydroxylation sites is 1. The number of carbonyl (C=O) groups is 2. The number of nitrogens with zero attached hydrogens (tertiary/aromatic N) is 1. The summed E-state index contributed by atoms with van der Waals surface area (Å²) in [5.74, 6) is -0.329. The molecule has 21 heavy (non-hydrogen) atoms. The van der Waals surface area contributed by atoms with Crippen LogP contribution in [0.25, 0.3) is 0 Å². The van der Waals surface area contributed by atoms with Gasteiger partial charge < -0.3 is 4.74 Å². The molecule has 7 heteroatoms. The maximum absolute atomic E-state index is 11.6. The van der Waals surface area contributed by atoms with Crippen LogP contribution in [-0.2, 0) is 4.79 Å². The molecule has 0 saturated carbocycles. The van der Waals surface area contributed by atoms with Crippen LogP contribution < -0.4 is 15.6 Å². The van der Waals surface area contributed by atoms with E-state index >= 15 is 0 Å². The van der Waals surface area contributed by atoms with Gasteiger partial charge in [0.2, 0.25) is 0 Å². The van der Waals surface area contributed by atoms with E-state index in [4.69, 9.17) is 4.74 Å². The Morgan fingerprint density at radius 2 is 2.00 bits per heavy atom. The van der Waals surface area contributed by atoms with Gasteiger partial charge in [-0.2, -0.15) is 5.10 Å². The van der Waals surface area contributed by atoms with Crippen molar-refractivity contribution >= 4 is 11.8 Å². The standard InChI is InChI=1S/C14H16N4O3/c1-9-5-3-4-6-12(9)21-8-13(19)17-18-14(20)11-7-10(2)15-16-11/h3-7H,8H2,1-2H3,(H,15,16)(H,17,19)(H,18,20). The highest BCUT2D eigenvalue weighted by molar-refractivity contribution is 5.93. The first-order valence-corrected chi connectivity index (χ1v) is 6.36. The number of hydrazine groups is 1. The average molecular weight is 288 g/mol. The molecule has 0 aliphatic rings. The molecule has 0 radical (unpaired) electrons. The quantitative estimate of drug-likeness (QED) is 0.727. The Bertz CT molecular complexity index is 651. The summed E-state index contributed by atoms with van der Waals surface area (Å²) < 4.78 is 5.36. The molecule has 7 nitrogen and oxygen atoms in total. The monoisotopic (exact) mass is 288 g/mol. The minimum absolute atomic E-state index is 0.190. The number of hydrogen-bond acceptors (Lipinski definition) is 4. The number of H-pyrrole nitrogens is 1. The zero-order valence-electron chi connectivity index (χ0n) is 11.8. The second kappa shape index (κ2) is 6.56. The summed E-state index contributed by atoms with van der Waals surface area (Å²) in [6, 6.07) is 8.93. The van der Waals surface area contributed by atoms with Crippen LogP contribution in [0.2, 0.25) is 0 Å². The van der Waals surface area contributed by atoms with E-state index in [-0.39, 0.29) is 12.3 Å². The Morgan fingerprint density at radius 1 is 1.24 bits per heavy atom. The topological polar surface area (TPSA) is 96.1 Å². The molecule has 1 aromatic carbocycles. The molecular weight excluding hydrogens is 272 g/mol. The molecule has 0 bridgehead atoms. The number of ether oxygens (including phenoxy) is 1. The van der Waals surface area contributed by atoms with Gasteiger partial charge >= 0.3 is 0 Å². The molecule has 0 fully saturated rings. The SMILES string of the molecule is Cc1cc(C(=O)NNC(=O)COc2ccccc2C)n[nH]1. The van der Waals surface area contributed by atoms with Crippen LogP contribution in [0.5, 0.6) is 5.75 Å². The van der Waals surface area contributed by atoms with Crippen molar-refractivity contribution in [2.45, 2.75) is 13.8 Å². The molecule has 1 aromatic heterocycles. The fraction of sp³-hybridized carbons (Fsp3) is 0.214. The number of rotatable bonds is 4. The van der Waals surface area contributed by atoms with Gasteiger partial charge in [0.1, 0.15) is 5.75 Å². The van der Waals surface area contributed by atoms with Gasteiger partial charge in [-0.3, -0.25) is 25.5 Å². The second-order valence-electron chi connectivity index (χ2n) is 4.49. The van der Waals surface area contributed by atoms with E-state index in [1.807, 2.05) is 25.1 Å². The number of hydrogen-bond donors (Lipinski definition) is 3. The van der Waals surface area contributed by atoms with E-state index in [9.17, 15) is 9.59 Å². The maximum Gasteiger partial charge on any atom is 0.290 e.